The maximum atomic E-state index is 8.58. The summed E-state index contributed by atoms with van der Waals surface area (Å²) in [6.45, 7) is 0. The SMILES string of the molecule is [Li+].[Li+].[Li+].[O]=[Co-][OH].[O]=[Ti]([O-])[O-]. The summed E-state index contributed by atoms with van der Waals surface area (Å²) in [4.78, 5) is 0. The molecule has 0 fully saturated rings. The molecule has 0 atom stereocenters. The Kier molecular flexibility index (Phi) is 88.2. The van der Waals surface area contributed by atoms with Gasteiger partial charge in [0.1, 0.15) is 0 Å². The Hall–Kier alpha value is 2.49. The fourth-order valence-corrected chi connectivity index (χ4v) is 0. The van der Waals surface area contributed by atoms with Crippen LogP contribution >= 0.6 is 0 Å². The molecule has 0 radical (unpaired) electrons. The molecule has 0 saturated heterocycles. The fourth-order valence-electron chi connectivity index (χ4n) is 0. The molecule has 0 saturated carbocycles. The molecular weight excluding hydrogens is 208 g/mol. The third-order valence-electron chi connectivity index (χ3n) is 0. The molecule has 0 aliphatic rings. The van der Waals surface area contributed by atoms with E-state index in [1.54, 1.807) is 0 Å². The molecule has 1 N–H and O–H groups in total. The Morgan fingerprint density at radius 1 is 1.20 bits per heavy atom. The topological polar surface area (TPSA) is 100 Å². The van der Waals surface area contributed by atoms with Crippen LogP contribution in [0.25, 0.3) is 0 Å². The molecule has 47 valence electrons. The van der Waals surface area contributed by atoms with Gasteiger partial charge in [0.25, 0.3) is 0 Å². The summed E-state index contributed by atoms with van der Waals surface area (Å²) in [5, 5.41) is 0. The third-order valence-corrected chi connectivity index (χ3v) is 0. The van der Waals surface area contributed by atoms with Gasteiger partial charge in [-0.25, -0.2) is 0 Å². The van der Waals surface area contributed by atoms with Crippen molar-refractivity contribution >= 4 is 0 Å². The molecule has 0 bridgehead atoms. The van der Waals surface area contributed by atoms with E-state index in [2.05, 4.69) is 0 Å². The van der Waals surface area contributed by atoms with E-state index in [0.29, 0.717) is 0 Å². The van der Waals surface area contributed by atoms with Crippen LogP contribution in [-0.2, 0) is 40.8 Å². The summed E-state index contributed by atoms with van der Waals surface area (Å²) in [7, 11) is 0. The van der Waals surface area contributed by atoms with Gasteiger partial charge in [0, 0.05) is 0 Å². The number of rotatable bonds is 0. The van der Waals surface area contributed by atoms with E-state index < -0.39 is 33.6 Å². The van der Waals surface area contributed by atoms with Gasteiger partial charge < -0.3 is 0 Å². The molecular formula is HCoLi3O5Ti. The summed E-state index contributed by atoms with van der Waals surface area (Å²) in [5.41, 5.74) is 0. The molecule has 0 heterocycles. The second kappa shape index (κ2) is 30.0. The van der Waals surface area contributed by atoms with Gasteiger partial charge in [-0.3, -0.25) is 0 Å². The second-order valence-electron chi connectivity index (χ2n) is 0.311. The van der Waals surface area contributed by atoms with Crippen LogP contribution in [0.5, 0.6) is 0 Å². The van der Waals surface area contributed by atoms with Crippen LogP contribution in [0.2, 0.25) is 0 Å². The van der Waals surface area contributed by atoms with Gasteiger partial charge in [-0.15, -0.1) is 0 Å². The van der Waals surface area contributed by atoms with Crippen molar-refractivity contribution in [2.24, 2.45) is 0 Å². The van der Waals surface area contributed by atoms with Crippen LogP contribution in [-0.4, -0.2) is 4.22 Å². The fraction of sp³-hybridized carbons (Fsp3) is 0. The van der Waals surface area contributed by atoms with Crippen molar-refractivity contribution in [2.75, 3.05) is 0 Å². The summed E-state index contributed by atoms with van der Waals surface area (Å²) in [6.07, 6.45) is 0. The van der Waals surface area contributed by atoms with Crippen molar-refractivity contribution in [3.63, 3.8) is 0 Å². The Labute approximate surface area is 107 Å². The molecule has 10 heteroatoms. The first kappa shape index (κ1) is 29.4. The number of hydrogen-bond donors (Lipinski definition) is 1. The van der Waals surface area contributed by atoms with Crippen LogP contribution in [0.1, 0.15) is 0 Å². The summed E-state index contributed by atoms with van der Waals surface area (Å²) >= 11 is -4.90. The summed E-state index contributed by atoms with van der Waals surface area (Å²) < 4.78 is 41.2. The van der Waals surface area contributed by atoms with Gasteiger partial charge in [0.05, 0.1) is 0 Å². The molecule has 0 aromatic rings. The summed E-state index contributed by atoms with van der Waals surface area (Å²) in [5.74, 6) is 0. The second-order valence-corrected chi connectivity index (χ2v) is 1.28. The van der Waals surface area contributed by atoms with Gasteiger partial charge >= 0.3 is 109 Å². The zero-order valence-electron chi connectivity index (χ0n) is 5.91. The molecule has 0 aliphatic heterocycles. The first-order chi connectivity index (χ1) is 3.15. The predicted molar refractivity (Wildman–Crippen MR) is 3.59 cm³/mol. The zero-order chi connectivity index (χ0) is 6.28. The normalized spacial score (nSPS) is 4.70. The van der Waals surface area contributed by atoms with Crippen LogP contribution < -0.4 is 64.0 Å². The molecule has 0 aliphatic carbocycles. The van der Waals surface area contributed by atoms with E-state index >= 15 is 0 Å². The Bertz CT molecular complexity index is 63.9. The minimum atomic E-state index is -4.08. The monoisotopic (exact) mass is 209 g/mol. The maximum absolute atomic E-state index is 8.58. The Balaban J connectivity index is -0.0000000131. The Morgan fingerprint density at radius 2 is 1.20 bits per heavy atom. The number of hydrogen-bond acceptors (Lipinski definition) is 4. The zero-order valence-corrected chi connectivity index (χ0v) is 8.52. The Morgan fingerprint density at radius 3 is 1.20 bits per heavy atom. The molecule has 10 heavy (non-hydrogen) atoms. The van der Waals surface area contributed by atoms with Crippen molar-refractivity contribution < 1.29 is 109 Å². The molecule has 0 aromatic carbocycles. The average molecular weight is 209 g/mol. The van der Waals surface area contributed by atoms with Gasteiger partial charge in [-0.05, 0) is 0 Å². The van der Waals surface area contributed by atoms with E-state index in [0.717, 1.165) is 0 Å². The van der Waals surface area contributed by atoms with Gasteiger partial charge in [-0.2, -0.15) is 0 Å². The van der Waals surface area contributed by atoms with Crippen molar-refractivity contribution in [1.82, 2.24) is 0 Å². The van der Waals surface area contributed by atoms with Gasteiger partial charge in [0.15, 0.2) is 0 Å². The van der Waals surface area contributed by atoms with E-state index in [9.17, 15) is 0 Å². The van der Waals surface area contributed by atoms with E-state index in [1.165, 1.54) is 0 Å². The van der Waals surface area contributed by atoms with Crippen LogP contribution in [0.4, 0.5) is 0 Å². The predicted octanol–water partition coefficient (Wildman–Crippen LogP) is -12.2. The third kappa shape index (κ3) is 152. The van der Waals surface area contributed by atoms with Crippen molar-refractivity contribution in [3.8, 4) is 0 Å². The van der Waals surface area contributed by atoms with Crippen molar-refractivity contribution in [1.29, 1.82) is 0 Å². The average Bonchev–Trinajstić information content (AvgIpc) is 1.33. The first-order valence-electron chi connectivity index (χ1n) is 0.898. The van der Waals surface area contributed by atoms with Crippen molar-refractivity contribution in [3.05, 3.63) is 0 Å². The van der Waals surface area contributed by atoms with Crippen molar-refractivity contribution in [2.45, 2.75) is 0 Å². The molecule has 0 unspecified atom stereocenters. The van der Waals surface area contributed by atoms with E-state index in [1.807, 2.05) is 0 Å². The first-order valence-corrected chi connectivity index (χ1v) is 3.70. The summed E-state index contributed by atoms with van der Waals surface area (Å²) in [6, 6.07) is 0. The molecule has 0 aromatic heterocycles. The van der Waals surface area contributed by atoms with Crippen LogP contribution in [0.3, 0.4) is 0 Å². The quantitative estimate of drug-likeness (QED) is 0.399. The standard InChI is InChI=1S/Co.3Li.H2O.4O.Ti/h;;;;1H2;;;;;/q;3*+1;;;;2*-1;/p-1. The molecule has 0 amide bonds. The minimum absolute atomic E-state index is 0. The molecule has 0 rings (SSSR count). The van der Waals surface area contributed by atoms with E-state index in [4.69, 9.17) is 18.8 Å². The van der Waals surface area contributed by atoms with Gasteiger partial charge in [-0.1, -0.05) is 0 Å². The van der Waals surface area contributed by atoms with Crippen LogP contribution in [0, 0.1) is 0 Å². The van der Waals surface area contributed by atoms with Gasteiger partial charge in [0.2, 0.25) is 0 Å². The molecule has 5 nitrogen and oxygen atoms in total. The molecule has 0 spiro atoms. The van der Waals surface area contributed by atoms with E-state index in [-0.39, 0.29) is 56.6 Å². The van der Waals surface area contributed by atoms with Crippen LogP contribution in [0.15, 0.2) is 0 Å².